The number of halogens is 1. The summed E-state index contributed by atoms with van der Waals surface area (Å²) in [6, 6.07) is 5.80. The smallest absolute Gasteiger partial charge is 0.205 e. The average molecular weight is 274 g/mol. The van der Waals surface area contributed by atoms with Gasteiger partial charge in [0.2, 0.25) is 5.75 Å². The van der Waals surface area contributed by atoms with Crippen molar-refractivity contribution in [2.24, 2.45) is 5.84 Å². The first-order valence-corrected chi connectivity index (χ1v) is 5.52. The van der Waals surface area contributed by atoms with Gasteiger partial charge in [-0.3, -0.25) is 0 Å². The van der Waals surface area contributed by atoms with Crippen molar-refractivity contribution in [3.8, 4) is 11.8 Å². The van der Waals surface area contributed by atoms with Crippen molar-refractivity contribution in [3.05, 3.63) is 35.9 Å². The number of nitrogens with zero attached hydrogens (tertiary/aromatic N) is 3. The average Bonchev–Trinajstić information content (AvgIpc) is 2.48. The number of hydrogen-bond donors (Lipinski definition) is 3. The van der Waals surface area contributed by atoms with E-state index >= 15 is 0 Å². The van der Waals surface area contributed by atoms with Crippen LogP contribution in [0.25, 0.3) is 0 Å². The first kappa shape index (κ1) is 13.5. The number of nitrogens with two attached hydrogens (primary N) is 1. The number of methoxy groups -OCH3 is 1. The maximum atomic E-state index is 13.2. The largest absolute Gasteiger partial charge is 0.490 e. The predicted molar refractivity (Wildman–Crippen MR) is 70.8 cm³/mol. The Bertz CT molecular complexity index is 669. The second kappa shape index (κ2) is 5.81. The number of anilines is 3. The molecule has 0 bridgehead atoms. The van der Waals surface area contributed by atoms with Crippen molar-refractivity contribution in [2.45, 2.75) is 0 Å². The van der Waals surface area contributed by atoms with Gasteiger partial charge in [-0.2, -0.15) is 5.26 Å². The lowest BCUT2D eigenvalue weighted by Gasteiger charge is -2.12. The third-order valence-corrected chi connectivity index (χ3v) is 2.49. The number of ether oxygens (including phenoxy) is 1. The van der Waals surface area contributed by atoms with E-state index in [9.17, 15) is 4.39 Å². The summed E-state index contributed by atoms with van der Waals surface area (Å²) < 4.78 is 18.4. The van der Waals surface area contributed by atoms with Crippen LogP contribution >= 0.6 is 0 Å². The molecule has 0 aliphatic rings. The fourth-order valence-corrected chi connectivity index (χ4v) is 1.58. The van der Waals surface area contributed by atoms with Crippen LogP contribution in [0.2, 0.25) is 0 Å². The van der Waals surface area contributed by atoms with Gasteiger partial charge in [0.25, 0.3) is 0 Å². The maximum absolute atomic E-state index is 13.2. The summed E-state index contributed by atoms with van der Waals surface area (Å²) >= 11 is 0. The van der Waals surface area contributed by atoms with Crippen LogP contribution in [-0.4, -0.2) is 17.1 Å². The summed E-state index contributed by atoms with van der Waals surface area (Å²) in [4.78, 5) is 7.91. The van der Waals surface area contributed by atoms with Gasteiger partial charge in [-0.25, -0.2) is 20.2 Å². The molecule has 20 heavy (non-hydrogen) atoms. The number of rotatable bonds is 4. The zero-order valence-corrected chi connectivity index (χ0v) is 10.5. The van der Waals surface area contributed by atoms with Crippen molar-refractivity contribution >= 4 is 17.3 Å². The Kier molecular flexibility index (Phi) is 3.93. The third kappa shape index (κ3) is 2.57. The minimum Gasteiger partial charge on any atom is -0.490 e. The fraction of sp³-hybridized carbons (Fsp3) is 0.0833. The normalized spacial score (nSPS) is 9.70. The van der Waals surface area contributed by atoms with E-state index in [1.165, 1.54) is 31.6 Å². The molecule has 1 aromatic carbocycles. The Morgan fingerprint density at radius 2 is 2.10 bits per heavy atom. The summed E-state index contributed by atoms with van der Waals surface area (Å²) in [5.41, 5.74) is 2.80. The summed E-state index contributed by atoms with van der Waals surface area (Å²) in [5, 5.41) is 11.7. The molecule has 2 aromatic rings. The number of hydrazine groups is 1. The molecule has 7 nitrogen and oxygen atoms in total. The number of nitriles is 1. The zero-order chi connectivity index (χ0) is 14.5. The maximum Gasteiger partial charge on any atom is 0.205 e. The van der Waals surface area contributed by atoms with Crippen LogP contribution in [0.5, 0.6) is 5.75 Å². The van der Waals surface area contributed by atoms with E-state index < -0.39 is 5.82 Å². The molecular weight excluding hydrogens is 263 g/mol. The van der Waals surface area contributed by atoms with Crippen LogP contribution in [-0.2, 0) is 0 Å². The van der Waals surface area contributed by atoms with Gasteiger partial charge in [-0.15, -0.1) is 0 Å². The van der Waals surface area contributed by atoms with Crippen molar-refractivity contribution in [1.29, 1.82) is 5.26 Å². The Morgan fingerprint density at radius 3 is 2.75 bits per heavy atom. The monoisotopic (exact) mass is 274 g/mol. The standard InChI is InChI=1S/C12H11FN6O/c1-20-10-11(16-6-17-12(10)19-15)18-8-2-3-9(13)7(4-8)5-14/h2-4,6H,15H2,1H3,(H2,16,17,18,19). The lowest BCUT2D eigenvalue weighted by atomic mass is 10.2. The molecule has 1 aromatic heterocycles. The van der Waals surface area contributed by atoms with Crippen molar-refractivity contribution in [3.63, 3.8) is 0 Å². The molecule has 0 aliphatic carbocycles. The highest BCUT2D eigenvalue weighted by atomic mass is 19.1. The molecule has 0 amide bonds. The minimum absolute atomic E-state index is 0.0693. The van der Waals surface area contributed by atoms with Crippen LogP contribution in [0.3, 0.4) is 0 Å². The molecule has 0 fully saturated rings. The Labute approximate surface area is 114 Å². The SMILES string of the molecule is COc1c(NN)ncnc1Nc1ccc(F)c(C#N)c1. The minimum atomic E-state index is -0.586. The number of benzene rings is 1. The Morgan fingerprint density at radius 1 is 1.35 bits per heavy atom. The highest BCUT2D eigenvalue weighted by molar-refractivity contribution is 5.69. The first-order chi connectivity index (χ1) is 9.69. The quantitative estimate of drug-likeness (QED) is 0.573. The molecule has 2 rings (SSSR count). The van der Waals surface area contributed by atoms with Crippen molar-refractivity contribution < 1.29 is 9.13 Å². The molecule has 102 valence electrons. The molecular formula is C12H11FN6O. The fourth-order valence-electron chi connectivity index (χ4n) is 1.58. The van der Waals surface area contributed by atoms with Gasteiger partial charge in [0.1, 0.15) is 18.2 Å². The molecule has 0 saturated carbocycles. The van der Waals surface area contributed by atoms with Crippen LogP contribution in [0.1, 0.15) is 5.56 Å². The van der Waals surface area contributed by atoms with Gasteiger partial charge in [0, 0.05) is 5.69 Å². The molecule has 0 atom stereocenters. The van der Waals surface area contributed by atoms with Crippen LogP contribution in [0.4, 0.5) is 21.7 Å². The van der Waals surface area contributed by atoms with Crippen LogP contribution in [0.15, 0.2) is 24.5 Å². The molecule has 0 saturated heterocycles. The van der Waals surface area contributed by atoms with Crippen molar-refractivity contribution in [1.82, 2.24) is 9.97 Å². The van der Waals surface area contributed by atoms with E-state index in [0.29, 0.717) is 23.1 Å². The van der Waals surface area contributed by atoms with E-state index in [4.69, 9.17) is 15.8 Å². The van der Waals surface area contributed by atoms with Gasteiger partial charge in [0.15, 0.2) is 11.6 Å². The highest BCUT2D eigenvalue weighted by Crippen LogP contribution is 2.30. The van der Waals surface area contributed by atoms with E-state index in [-0.39, 0.29) is 5.56 Å². The lowest BCUT2D eigenvalue weighted by Crippen LogP contribution is -2.11. The van der Waals surface area contributed by atoms with E-state index in [0.717, 1.165) is 0 Å². The summed E-state index contributed by atoms with van der Waals surface area (Å²) in [6.07, 6.45) is 1.29. The molecule has 0 unspecified atom stereocenters. The molecule has 8 heteroatoms. The second-order valence-corrected chi connectivity index (χ2v) is 3.68. The van der Waals surface area contributed by atoms with Crippen molar-refractivity contribution in [2.75, 3.05) is 17.9 Å². The van der Waals surface area contributed by atoms with E-state index in [1.807, 2.05) is 0 Å². The summed E-state index contributed by atoms with van der Waals surface area (Å²) in [5.74, 6) is 5.67. The predicted octanol–water partition coefficient (Wildman–Crippen LogP) is 1.53. The second-order valence-electron chi connectivity index (χ2n) is 3.68. The van der Waals surface area contributed by atoms with Gasteiger partial charge < -0.3 is 15.5 Å². The number of nitrogen functional groups attached to an aromatic ring is 1. The van der Waals surface area contributed by atoms with Gasteiger partial charge in [0.05, 0.1) is 12.7 Å². The first-order valence-electron chi connectivity index (χ1n) is 5.52. The molecule has 4 N–H and O–H groups in total. The molecule has 0 spiro atoms. The van der Waals surface area contributed by atoms with Crippen LogP contribution in [0, 0.1) is 17.1 Å². The number of aromatic nitrogens is 2. The third-order valence-electron chi connectivity index (χ3n) is 2.49. The number of nitrogens with one attached hydrogen (secondary N) is 2. The van der Waals surface area contributed by atoms with Gasteiger partial charge >= 0.3 is 0 Å². The highest BCUT2D eigenvalue weighted by Gasteiger charge is 2.12. The topological polar surface area (TPSA) is 109 Å². The zero-order valence-electron chi connectivity index (χ0n) is 10.5. The molecule has 0 aliphatic heterocycles. The van der Waals surface area contributed by atoms with E-state index in [2.05, 4.69) is 20.7 Å². The summed E-state index contributed by atoms with van der Waals surface area (Å²) in [6.45, 7) is 0. The molecule has 0 radical (unpaired) electrons. The molecule has 1 heterocycles. The Hall–Kier alpha value is -2.92. The van der Waals surface area contributed by atoms with Crippen LogP contribution < -0.4 is 21.3 Å². The number of hydrogen-bond acceptors (Lipinski definition) is 7. The van der Waals surface area contributed by atoms with E-state index in [1.54, 1.807) is 6.07 Å². The van der Waals surface area contributed by atoms with Gasteiger partial charge in [-0.05, 0) is 18.2 Å². The summed E-state index contributed by atoms with van der Waals surface area (Å²) in [7, 11) is 1.44. The Balaban J connectivity index is 2.38. The van der Waals surface area contributed by atoms with Gasteiger partial charge in [-0.1, -0.05) is 0 Å². The lowest BCUT2D eigenvalue weighted by molar-refractivity contribution is 0.415.